The maximum atomic E-state index is 13.7. The second kappa shape index (κ2) is 9.73. The first kappa shape index (κ1) is 27.8. The lowest BCUT2D eigenvalue weighted by Crippen LogP contribution is -2.58. The Balaban J connectivity index is 1.60. The normalized spacial score (nSPS) is 23.5. The lowest BCUT2D eigenvalue weighted by Gasteiger charge is -2.46. The van der Waals surface area contributed by atoms with Gasteiger partial charge in [0.2, 0.25) is 5.78 Å². The maximum absolute atomic E-state index is 13.7. The summed E-state index contributed by atoms with van der Waals surface area (Å²) >= 11 is 0. The van der Waals surface area contributed by atoms with Gasteiger partial charge in [0.05, 0.1) is 18.4 Å². The summed E-state index contributed by atoms with van der Waals surface area (Å²) in [6, 6.07) is 6.52. The molecule has 8 N–H and O–H groups in total. The number of nitrogens with one attached hydrogen (secondary N) is 1. The molecule has 12 heteroatoms. The molecular weight excluding hydrogens is 534 g/mol. The van der Waals surface area contributed by atoms with Gasteiger partial charge in [-0.2, -0.15) is 0 Å². The Morgan fingerprint density at radius 3 is 2.49 bits per heavy atom. The Morgan fingerprint density at radius 2 is 1.88 bits per heavy atom. The number of phenolic OH excluding ortho intramolecular Hbond substituents is 2. The number of hydrogen-bond acceptors (Lipinski definition) is 11. The molecule has 12 nitrogen and oxygen atoms in total. The molecule has 2 aromatic carbocycles. The number of aromatic hydroxyl groups is 2. The third kappa shape index (κ3) is 4.13. The van der Waals surface area contributed by atoms with Crippen LogP contribution in [0, 0.1) is 18.3 Å². The molecule has 1 saturated carbocycles. The molecule has 0 aliphatic heterocycles. The molecule has 0 aromatic heterocycles. The lowest BCUT2D eigenvalue weighted by atomic mass is 9.59. The molecule has 3 atom stereocenters. The van der Waals surface area contributed by atoms with Crippen molar-refractivity contribution in [1.82, 2.24) is 0 Å². The topological polar surface area (TPSA) is 203 Å². The van der Waals surface area contributed by atoms with Crippen LogP contribution in [0.3, 0.4) is 0 Å². The van der Waals surface area contributed by atoms with Gasteiger partial charge in [0, 0.05) is 44.2 Å². The predicted molar refractivity (Wildman–Crippen MR) is 147 cm³/mol. The van der Waals surface area contributed by atoms with Crippen molar-refractivity contribution in [3.63, 3.8) is 0 Å². The number of phenols is 2. The number of rotatable bonds is 6. The van der Waals surface area contributed by atoms with Crippen LogP contribution >= 0.6 is 0 Å². The van der Waals surface area contributed by atoms with Crippen molar-refractivity contribution >= 4 is 34.6 Å². The molecule has 0 unspecified atom stereocenters. The molecule has 2 aromatic rings. The van der Waals surface area contributed by atoms with Gasteiger partial charge >= 0.3 is 0 Å². The summed E-state index contributed by atoms with van der Waals surface area (Å²) in [5.74, 6) is -6.93. The number of amides is 1. The van der Waals surface area contributed by atoms with E-state index in [1.807, 2.05) is 0 Å². The van der Waals surface area contributed by atoms with Crippen LogP contribution in [0.5, 0.6) is 17.2 Å². The number of fused-ring (bicyclic) bond motifs is 3. The highest BCUT2D eigenvalue weighted by atomic mass is 16.5. The fraction of sp³-hybridized carbons (Fsp3) is 0.310. The monoisotopic (exact) mass is 564 g/mol. The van der Waals surface area contributed by atoms with Crippen LogP contribution in [0.1, 0.15) is 23.1 Å². The Morgan fingerprint density at radius 1 is 1.17 bits per heavy atom. The van der Waals surface area contributed by atoms with Gasteiger partial charge in [0.25, 0.3) is 5.91 Å². The van der Waals surface area contributed by atoms with E-state index in [1.165, 1.54) is 13.2 Å². The molecule has 41 heavy (non-hydrogen) atoms. The third-order valence-corrected chi connectivity index (χ3v) is 8.05. The minimum absolute atomic E-state index is 0.00247. The Labute approximate surface area is 235 Å². The van der Waals surface area contributed by atoms with Crippen LogP contribution in [-0.2, 0) is 27.3 Å². The fourth-order valence-electron chi connectivity index (χ4n) is 6.04. The molecule has 3 aliphatic carbocycles. The summed E-state index contributed by atoms with van der Waals surface area (Å²) < 4.78 is 5.07. The van der Waals surface area contributed by atoms with Crippen molar-refractivity contribution in [2.24, 2.45) is 17.6 Å². The van der Waals surface area contributed by atoms with Gasteiger partial charge in [0.15, 0.2) is 22.9 Å². The van der Waals surface area contributed by atoms with Crippen molar-refractivity contribution < 1.29 is 44.7 Å². The van der Waals surface area contributed by atoms with Gasteiger partial charge < -0.3 is 46.2 Å². The zero-order valence-corrected chi connectivity index (χ0v) is 22.6. The van der Waals surface area contributed by atoms with Crippen molar-refractivity contribution in [3.8, 4) is 17.2 Å². The SMILES string of the molecule is COc1ccc(CNc2cc(N(C)C)c3c(c2O)C(O)=C2C(=O)[C@]4(O)C(O)=C(C(N)=O)C(=O)[CH][C@@H]4C[C@@H]2C3)cc1O. The van der Waals surface area contributed by atoms with Gasteiger partial charge in [0.1, 0.15) is 22.8 Å². The molecule has 3 aliphatic rings. The molecule has 0 heterocycles. The number of aliphatic hydroxyl groups is 3. The van der Waals surface area contributed by atoms with Crippen LogP contribution in [-0.4, -0.2) is 69.8 Å². The van der Waals surface area contributed by atoms with E-state index in [2.05, 4.69) is 5.32 Å². The largest absolute Gasteiger partial charge is 0.508 e. The van der Waals surface area contributed by atoms with E-state index in [1.54, 1.807) is 37.2 Å². The van der Waals surface area contributed by atoms with Crippen LogP contribution < -0.4 is 20.7 Å². The van der Waals surface area contributed by atoms with E-state index < -0.39 is 52.0 Å². The number of Topliss-reactive ketones (excluding diaryl/α,β-unsaturated/α-hetero) is 2. The van der Waals surface area contributed by atoms with E-state index in [0.717, 1.165) is 6.42 Å². The lowest BCUT2D eigenvalue weighted by molar-refractivity contribution is -0.144. The zero-order valence-electron chi connectivity index (χ0n) is 22.6. The van der Waals surface area contributed by atoms with E-state index in [-0.39, 0.29) is 47.7 Å². The van der Waals surface area contributed by atoms with Crippen LogP contribution in [0.2, 0.25) is 0 Å². The Kier molecular flexibility index (Phi) is 6.61. The average Bonchev–Trinajstić information content (AvgIpc) is 2.90. The highest BCUT2D eigenvalue weighted by Crippen LogP contribution is 2.54. The van der Waals surface area contributed by atoms with Crippen LogP contribution in [0.25, 0.3) is 5.76 Å². The zero-order chi connectivity index (χ0) is 30.0. The number of ketones is 2. The molecule has 0 saturated heterocycles. The van der Waals surface area contributed by atoms with Gasteiger partial charge in [-0.15, -0.1) is 0 Å². The number of primary amides is 1. The Hall–Kier alpha value is -4.71. The second-order valence-corrected chi connectivity index (χ2v) is 10.6. The molecule has 5 rings (SSSR count). The van der Waals surface area contributed by atoms with Gasteiger partial charge in [-0.05, 0) is 48.1 Å². The molecule has 0 bridgehead atoms. The average molecular weight is 565 g/mol. The molecule has 1 fully saturated rings. The van der Waals surface area contributed by atoms with E-state index in [9.17, 15) is 39.9 Å². The van der Waals surface area contributed by atoms with E-state index >= 15 is 0 Å². The number of aliphatic hydroxyl groups excluding tert-OH is 2. The minimum atomic E-state index is -2.68. The summed E-state index contributed by atoms with van der Waals surface area (Å²) in [5, 5.41) is 58.1. The number of anilines is 2. The summed E-state index contributed by atoms with van der Waals surface area (Å²) in [6.07, 6.45) is 1.18. The summed E-state index contributed by atoms with van der Waals surface area (Å²) in [6.45, 7) is 0.176. The smallest absolute Gasteiger partial charge is 0.255 e. The number of methoxy groups -OCH3 is 1. The molecule has 0 spiro atoms. The fourth-order valence-corrected chi connectivity index (χ4v) is 6.04. The highest BCUT2D eigenvalue weighted by Gasteiger charge is 2.60. The van der Waals surface area contributed by atoms with Gasteiger partial charge in [-0.1, -0.05) is 6.07 Å². The summed E-state index contributed by atoms with van der Waals surface area (Å²) in [4.78, 5) is 39.8. The molecule has 1 amide bonds. The second-order valence-electron chi connectivity index (χ2n) is 10.6. The summed E-state index contributed by atoms with van der Waals surface area (Å²) in [7, 11) is 4.99. The van der Waals surface area contributed by atoms with Crippen LogP contribution in [0.15, 0.2) is 41.2 Å². The standard InChI is InChI=1S/C29H30N3O9/c1-32(2)17-10-16(31-11-12-4-5-20(41-3)18(33)6-12)24(35)22-15(17)8-13-7-14-9-19(34)23(28(30)39)27(38)29(14,40)26(37)21(13)25(22)36/h4-6,9-10,13-14,31,33,35-36,38,40H,7-8,11H2,1-3H3,(H2,30,39)/t13-,14+,29+/m1/s1. The first-order valence-corrected chi connectivity index (χ1v) is 12.8. The van der Waals surface area contributed by atoms with Crippen molar-refractivity contribution in [2.75, 3.05) is 31.4 Å². The molecule has 215 valence electrons. The number of carbonyl (C=O) groups excluding carboxylic acids is 3. The first-order chi connectivity index (χ1) is 19.3. The number of carbonyl (C=O) groups is 3. The molecule has 1 radical (unpaired) electrons. The van der Waals surface area contributed by atoms with Crippen molar-refractivity contribution in [3.05, 3.63) is 64.3 Å². The van der Waals surface area contributed by atoms with Crippen molar-refractivity contribution in [1.29, 1.82) is 0 Å². The highest BCUT2D eigenvalue weighted by molar-refractivity contribution is 6.25. The number of hydrogen-bond donors (Lipinski definition) is 7. The third-order valence-electron chi connectivity index (χ3n) is 8.05. The maximum Gasteiger partial charge on any atom is 0.255 e. The number of nitrogens with two attached hydrogens (primary N) is 1. The van der Waals surface area contributed by atoms with Gasteiger partial charge in [-0.25, -0.2) is 0 Å². The molecular formula is C29H30N3O9. The van der Waals surface area contributed by atoms with Crippen molar-refractivity contribution in [2.45, 2.75) is 25.0 Å². The first-order valence-electron chi connectivity index (χ1n) is 12.8. The van der Waals surface area contributed by atoms with E-state index in [0.29, 0.717) is 22.6 Å². The number of ether oxygens (including phenoxy) is 1. The minimum Gasteiger partial charge on any atom is -0.508 e. The quantitative estimate of drug-likeness (QED) is 0.198. The summed E-state index contributed by atoms with van der Waals surface area (Å²) in [5.41, 5.74) is 3.48. The number of nitrogens with zero attached hydrogens (tertiary/aromatic N) is 1. The van der Waals surface area contributed by atoms with Crippen LogP contribution in [0.4, 0.5) is 11.4 Å². The van der Waals surface area contributed by atoms with Gasteiger partial charge in [-0.3, -0.25) is 14.4 Å². The van der Waals surface area contributed by atoms with E-state index in [4.69, 9.17) is 10.5 Å². The predicted octanol–water partition coefficient (Wildman–Crippen LogP) is 1.63. The Bertz CT molecular complexity index is 1580. The number of benzene rings is 2.